The van der Waals surface area contributed by atoms with E-state index in [2.05, 4.69) is 36.4 Å². The molecule has 0 bridgehead atoms. The molecule has 1 fully saturated rings. The van der Waals surface area contributed by atoms with Gasteiger partial charge in [0.2, 0.25) is 0 Å². The molecule has 0 radical (unpaired) electrons. The first-order valence-corrected chi connectivity index (χ1v) is 10.1. The average molecular weight is 394 g/mol. The van der Waals surface area contributed by atoms with Crippen LogP contribution in [0.1, 0.15) is 42.6 Å². The average Bonchev–Trinajstić information content (AvgIpc) is 3.22. The van der Waals surface area contributed by atoms with Gasteiger partial charge in [-0.2, -0.15) is 5.10 Å². The van der Waals surface area contributed by atoms with E-state index in [1.807, 2.05) is 6.07 Å². The second-order valence-corrected chi connectivity index (χ2v) is 7.35. The number of nitrogens with one attached hydrogen (secondary N) is 2. The van der Waals surface area contributed by atoms with Crippen LogP contribution >= 0.6 is 0 Å². The fourth-order valence-corrected chi connectivity index (χ4v) is 4.01. The van der Waals surface area contributed by atoms with Crippen LogP contribution in [0.5, 0.6) is 0 Å². The van der Waals surface area contributed by atoms with E-state index in [9.17, 15) is 4.79 Å². The largest absolute Gasteiger partial charge is 0.383 e. The maximum atomic E-state index is 12.8. The lowest BCUT2D eigenvalue weighted by atomic mass is 9.93. The molecule has 1 saturated carbocycles. The van der Waals surface area contributed by atoms with Crippen LogP contribution in [0.3, 0.4) is 0 Å². The van der Waals surface area contributed by atoms with Crippen LogP contribution in [0.2, 0.25) is 0 Å². The Bertz CT molecular complexity index is 952. The minimum atomic E-state index is -0.258. The van der Waals surface area contributed by atoms with E-state index >= 15 is 0 Å². The van der Waals surface area contributed by atoms with E-state index in [0.717, 1.165) is 41.7 Å². The van der Waals surface area contributed by atoms with Gasteiger partial charge in [0.15, 0.2) is 0 Å². The summed E-state index contributed by atoms with van der Waals surface area (Å²) in [6.07, 6.45) is 10.7. The summed E-state index contributed by atoms with van der Waals surface area (Å²) in [5, 5.41) is 11.2. The zero-order valence-electron chi connectivity index (χ0n) is 16.6. The summed E-state index contributed by atoms with van der Waals surface area (Å²) in [7, 11) is 1.72. The summed E-state index contributed by atoms with van der Waals surface area (Å²) >= 11 is 0. The molecule has 0 aliphatic heterocycles. The molecule has 1 aliphatic rings. The van der Waals surface area contributed by atoms with E-state index in [-0.39, 0.29) is 5.91 Å². The van der Waals surface area contributed by atoms with Crippen molar-refractivity contribution in [1.82, 2.24) is 20.2 Å². The summed E-state index contributed by atoms with van der Waals surface area (Å²) < 4.78 is 5.38. The third kappa shape index (κ3) is 4.37. The fourth-order valence-electron chi connectivity index (χ4n) is 4.01. The highest BCUT2D eigenvalue weighted by Crippen LogP contribution is 2.35. The predicted molar refractivity (Wildman–Crippen MR) is 112 cm³/mol. The minimum absolute atomic E-state index is 0.258. The van der Waals surface area contributed by atoms with Gasteiger partial charge in [-0.05, 0) is 31.0 Å². The van der Waals surface area contributed by atoms with Crippen LogP contribution in [0, 0.1) is 0 Å². The maximum absolute atomic E-state index is 12.8. The Morgan fingerprint density at radius 3 is 2.93 bits per heavy atom. The Hall–Kier alpha value is -3.00. The topological polar surface area (TPSA) is 96.0 Å². The molecule has 3 aromatic rings. The number of benzene rings is 1. The van der Waals surface area contributed by atoms with Crippen LogP contribution in [0.25, 0.3) is 10.9 Å². The fraction of sp³-hybridized carbons (Fsp3) is 0.429. The highest BCUT2D eigenvalue weighted by molar-refractivity contribution is 6.06. The highest BCUT2D eigenvalue weighted by atomic mass is 16.5. The molecular formula is C21H26N6O2. The Balaban J connectivity index is 1.71. The van der Waals surface area contributed by atoms with Gasteiger partial charge in [0.1, 0.15) is 12.0 Å². The minimum Gasteiger partial charge on any atom is -0.383 e. The molecule has 0 unspecified atom stereocenters. The van der Waals surface area contributed by atoms with Crippen molar-refractivity contribution in [2.45, 2.75) is 38.1 Å². The smallest absolute Gasteiger partial charge is 0.274 e. The quantitative estimate of drug-likeness (QED) is 0.638. The number of nitrogens with zero attached hydrogens (tertiary/aromatic N) is 4. The first-order chi connectivity index (χ1) is 14.3. The van der Waals surface area contributed by atoms with Crippen molar-refractivity contribution in [2.24, 2.45) is 0 Å². The molecule has 29 heavy (non-hydrogen) atoms. The number of anilines is 2. The van der Waals surface area contributed by atoms with Gasteiger partial charge in [0, 0.05) is 31.3 Å². The molecule has 0 atom stereocenters. The predicted octanol–water partition coefficient (Wildman–Crippen LogP) is 3.39. The SMILES string of the molecule is COCCN(c1cc2[nH]ncc2cc1NC(=O)c1ccncn1)C1CCCCC1. The summed E-state index contributed by atoms with van der Waals surface area (Å²) in [6, 6.07) is 6.07. The van der Waals surface area contributed by atoms with Crippen molar-refractivity contribution in [3.8, 4) is 0 Å². The summed E-state index contributed by atoms with van der Waals surface area (Å²) in [4.78, 5) is 23.1. The Labute approximate surface area is 169 Å². The number of carbonyl (C=O) groups excluding carboxylic acids is 1. The third-order valence-corrected chi connectivity index (χ3v) is 5.48. The second kappa shape index (κ2) is 9.00. The van der Waals surface area contributed by atoms with Crippen LogP contribution in [0.15, 0.2) is 36.9 Å². The second-order valence-electron chi connectivity index (χ2n) is 7.35. The van der Waals surface area contributed by atoms with Crippen molar-refractivity contribution < 1.29 is 9.53 Å². The number of amides is 1. The summed E-state index contributed by atoms with van der Waals surface area (Å²) in [5.74, 6) is -0.258. The molecule has 2 N–H and O–H groups in total. The molecule has 2 heterocycles. The Morgan fingerprint density at radius 2 is 2.17 bits per heavy atom. The van der Waals surface area contributed by atoms with E-state index in [0.29, 0.717) is 18.3 Å². The number of fused-ring (bicyclic) bond motifs is 1. The van der Waals surface area contributed by atoms with Crippen LogP contribution in [-0.2, 0) is 4.74 Å². The molecule has 8 nitrogen and oxygen atoms in total. The molecule has 1 aliphatic carbocycles. The van der Waals surface area contributed by atoms with Gasteiger partial charge in [-0.1, -0.05) is 19.3 Å². The van der Waals surface area contributed by atoms with E-state index < -0.39 is 0 Å². The van der Waals surface area contributed by atoms with Gasteiger partial charge in [0.25, 0.3) is 5.91 Å². The number of methoxy groups -OCH3 is 1. The number of aromatic amines is 1. The van der Waals surface area contributed by atoms with Crippen molar-refractivity contribution >= 4 is 28.2 Å². The number of carbonyl (C=O) groups is 1. The number of ether oxygens (including phenoxy) is 1. The highest BCUT2D eigenvalue weighted by Gasteiger charge is 2.25. The number of H-pyrrole nitrogens is 1. The molecule has 2 aromatic heterocycles. The third-order valence-electron chi connectivity index (χ3n) is 5.48. The van der Waals surface area contributed by atoms with Gasteiger partial charge in [0.05, 0.1) is 29.7 Å². The zero-order valence-corrected chi connectivity index (χ0v) is 16.6. The number of aromatic nitrogens is 4. The number of hydrogen-bond donors (Lipinski definition) is 2. The van der Waals surface area contributed by atoms with Crippen LogP contribution < -0.4 is 10.2 Å². The van der Waals surface area contributed by atoms with Gasteiger partial charge in [-0.3, -0.25) is 9.89 Å². The van der Waals surface area contributed by atoms with Gasteiger partial charge >= 0.3 is 0 Å². The lowest BCUT2D eigenvalue weighted by molar-refractivity contribution is 0.102. The zero-order chi connectivity index (χ0) is 20.1. The van der Waals surface area contributed by atoms with Gasteiger partial charge in [-0.15, -0.1) is 0 Å². The lowest BCUT2D eigenvalue weighted by Gasteiger charge is -2.37. The first kappa shape index (κ1) is 19.3. The lowest BCUT2D eigenvalue weighted by Crippen LogP contribution is -2.39. The van der Waals surface area contributed by atoms with Crippen LogP contribution in [-0.4, -0.2) is 52.4 Å². The van der Waals surface area contributed by atoms with E-state index in [1.54, 1.807) is 25.6 Å². The van der Waals surface area contributed by atoms with Gasteiger partial charge < -0.3 is 15.0 Å². The first-order valence-electron chi connectivity index (χ1n) is 10.1. The molecule has 0 saturated heterocycles. The van der Waals surface area contributed by atoms with Crippen molar-refractivity contribution in [3.05, 3.63) is 42.6 Å². The molecule has 4 rings (SSSR count). The molecule has 1 amide bonds. The standard InChI is InChI=1S/C21H26N6O2/c1-29-10-9-27(16-5-3-2-4-6-16)20-12-18-15(13-24-26-18)11-19(20)25-21(28)17-7-8-22-14-23-17/h7-8,11-14,16H,2-6,9-10H2,1H3,(H,24,26)(H,25,28). The molecule has 1 aromatic carbocycles. The molecule has 0 spiro atoms. The van der Waals surface area contributed by atoms with Crippen molar-refractivity contribution in [3.63, 3.8) is 0 Å². The van der Waals surface area contributed by atoms with Crippen molar-refractivity contribution in [1.29, 1.82) is 0 Å². The number of hydrogen-bond acceptors (Lipinski definition) is 6. The molecule has 8 heteroatoms. The van der Waals surface area contributed by atoms with Gasteiger partial charge in [-0.25, -0.2) is 9.97 Å². The summed E-state index contributed by atoms with van der Waals surface area (Å²) in [5.41, 5.74) is 3.01. The van der Waals surface area contributed by atoms with Crippen LogP contribution in [0.4, 0.5) is 11.4 Å². The molecular weight excluding hydrogens is 368 g/mol. The normalized spacial score (nSPS) is 14.8. The van der Waals surface area contributed by atoms with Crippen molar-refractivity contribution in [2.75, 3.05) is 30.5 Å². The number of rotatable bonds is 7. The maximum Gasteiger partial charge on any atom is 0.274 e. The monoisotopic (exact) mass is 394 g/mol. The molecule has 152 valence electrons. The summed E-state index contributed by atoms with van der Waals surface area (Å²) in [6.45, 7) is 1.38. The Morgan fingerprint density at radius 1 is 1.31 bits per heavy atom. The van der Waals surface area contributed by atoms with E-state index in [4.69, 9.17) is 4.74 Å². The Kier molecular flexibility index (Phi) is 6.00. The van der Waals surface area contributed by atoms with E-state index in [1.165, 1.54) is 25.6 Å².